The fourth-order valence-electron chi connectivity index (χ4n) is 2.16. The van der Waals surface area contributed by atoms with Crippen LogP contribution in [-0.2, 0) is 6.61 Å². The first kappa shape index (κ1) is 14.8. The quantitative estimate of drug-likeness (QED) is 0.697. The highest BCUT2D eigenvalue weighted by Crippen LogP contribution is 2.29. The summed E-state index contributed by atoms with van der Waals surface area (Å²) in [6.07, 6.45) is 1.80. The van der Waals surface area contributed by atoms with Gasteiger partial charge < -0.3 is 9.47 Å². The molecule has 0 bridgehead atoms. The molecule has 0 fully saturated rings. The highest BCUT2D eigenvalue weighted by atomic mass is 79.9. The van der Waals surface area contributed by atoms with Crippen molar-refractivity contribution in [1.29, 1.82) is 0 Å². The highest BCUT2D eigenvalue weighted by Gasteiger charge is 2.07. The topological polar surface area (TPSA) is 44.2 Å². The van der Waals surface area contributed by atoms with E-state index in [9.17, 15) is 0 Å². The molecular weight excluding hydrogens is 344 g/mol. The molecule has 3 rings (SSSR count). The molecule has 1 heterocycles. The predicted molar refractivity (Wildman–Crippen MR) is 89.3 cm³/mol. The standard InChI is InChI=1S/C17H15BrN2O2/c1-11-19-9-15-16(20-11)7-13(18)8-17(15)22-10-12-3-5-14(21-2)6-4-12/h3-9H,10H2,1-2H3. The number of aromatic nitrogens is 2. The van der Waals surface area contributed by atoms with Crippen molar-refractivity contribution in [2.24, 2.45) is 0 Å². The summed E-state index contributed by atoms with van der Waals surface area (Å²) in [6, 6.07) is 11.7. The predicted octanol–water partition coefficient (Wildman–Crippen LogP) is 4.29. The Bertz CT molecular complexity index is 798. The van der Waals surface area contributed by atoms with Gasteiger partial charge in [0.25, 0.3) is 0 Å². The number of rotatable bonds is 4. The van der Waals surface area contributed by atoms with Crippen molar-refractivity contribution >= 4 is 26.8 Å². The van der Waals surface area contributed by atoms with Gasteiger partial charge in [-0.3, -0.25) is 0 Å². The van der Waals surface area contributed by atoms with E-state index in [1.165, 1.54) is 0 Å². The van der Waals surface area contributed by atoms with Crippen molar-refractivity contribution in [3.05, 3.63) is 58.5 Å². The van der Waals surface area contributed by atoms with Gasteiger partial charge in [0.2, 0.25) is 0 Å². The second-order valence-corrected chi connectivity index (χ2v) is 5.81. The van der Waals surface area contributed by atoms with Gasteiger partial charge in [-0.1, -0.05) is 28.1 Å². The van der Waals surface area contributed by atoms with Crippen molar-refractivity contribution < 1.29 is 9.47 Å². The van der Waals surface area contributed by atoms with Gasteiger partial charge in [0.05, 0.1) is 18.0 Å². The normalized spacial score (nSPS) is 10.7. The van der Waals surface area contributed by atoms with E-state index in [0.717, 1.165) is 38.3 Å². The summed E-state index contributed by atoms with van der Waals surface area (Å²) in [5.74, 6) is 2.34. The van der Waals surface area contributed by atoms with Crippen molar-refractivity contribution in [3.8, 4) is 11.5 Å². The maximum atomic E-state index is 5.95. The van der Waals surface area contributed by atoms with E-state index in [-0.39, 0.29) is 0 Å². The summed E-state index contributed by atoms with van der Waals surface area (Å²) in [5.41, 5.74) is 1.94. The molecule has 0 atom stereocenters. The number of hydrogen-bond donors (Lipinski definition) is 0. The second kappa shape index (κ2) is 6.32. The summed E-state index contributed by atoms with van der Waals surface area (Å²) < 4.78 is 12.0. The zero-order chi connectivity index (χ0) is 15.5. The molecule has 0 amide bonds. The molecule has 5 heteroatoms. The molecule has 0 radical (unpaired) electrons. The third-order valence-electron chi connectivity index (χ3n) is 3.30. The van der Waals surface area contributed by atoms with E-state index in [4.69, 9.17) is 9.47 Å². The summed E-state index contributed by atoms with van der Waals surface area (Å²) >= 11 is 3.50. The van der Waals surface area contributed by atoms with Crippen LogP contribution in [0.2, 0.25) is 0 Å². The van der Waals surface area contributed by atoms with E-state index in [1.807, 2.05) is 43.3 Å². The fraction of sp³-hybridized carbons (Fsp3) is 0.176. The van der Waals surface area contributed by atoms with Crippen LogP contribution in [0.3, 0.4) is 0 Å². The van der Waals surface area contributed by atoms with E-state index in [2.05, 4.69) is 25.9 Å². The maximum Gasteiger partial charge on any atom is 0.131 e. The SMILES string of the molecule is COc1ccc(COc2cc(Br)cc3nc(C)ncc23)cc1. The maximum absolute atomic E-state index is 5.95. The van der Waals surface area contributed by atoms with Gasteiger partial charge in [0.1, 0.15) is 23.9 Å². The zero-order valence-corrected chi connectivity index (χ0v) is 13.9. The average Bonchev–Trinajstić information content (AvgIpc) is 2.52. The number of nitrogens with zero attached hydrogens (tertiary/aromatic N) is 2. The Balaban J connectivity index is 1.86. The van der Waals surface area contributed by atoms with Gasteiger partial charge in [0.15, 0.2) is 0 Å². The largest absolute Gasteiger partial charge is 0.497 e. The van der Waals surface area contributed by atoms with Crippen molar-refractivity contribution in [3.63, 3.8) is 0 Å². The van der Waals surface area contributed by atoms with Gasteiger partial charge in [-0.2, -0.15) is 0 Å². The smallest absolute Gasteiger partial charge is 0.131 e. The molecule has 0 unspecified atom stereocenters. The minimum Gasteiger partial charge on any atom is -0.497 e. The molecule has 0 saturated carbocycles. The first-order chi connectivity index (χ1) is 10.7. The molecule has 0 N–H and O–H groups in total. The third-order valence-corrected chi connectivity index (χ3v) is 3.76. The van der Waals surface area contributed by atoms with Gasteiger partial charge >= 0.3 is 0 Å². The summed E-state index contributed by atoms with van der Waals surface area (Å²) in [5, 5.41) is 0.905. The summed E-state index contributed by atoms with van der Waals surface area (Å²) in [7, 11) is 1.65. The molecule has 2 aromatic carbocycles. The molecule has 0 aliphatic rings. The molecular formula is C17H15BrN2O2. The Kier molecular flexibility index (Phi) is 4.24. The van der Waals surface area contributed by atoms with Crippen molar-refractivity contribution in [2.75, 3.05) is 7.11 Å². The molecule has 112 valence electrons. The van der Waals surface area contributed by atoms with Crippen LogP contribution in [0.15, 0.2) is 47.1 Å². The summed E-state index contributed by atoms with van der Waals surface area (Å²) in [6.45, 7) is 2.35. The third kappa shape index (κ3) is 3.20. The van der Waals surface area contributed by atoms with Gasteiger partial charge in [0, 0.05) is 10.7 Å². The van der Waals surface area contributed by atoms with Crippen molar-refractivity contribution in [1.82, 2.24) is 9.97 Å². The number of halogens is 1. The lowest BCUT2D eigenvalue weighted by atomic mass is 10.2. The minimum absolute atomic E-state index is 0.476. The lowest BCUT2D eigenvalue weighted by Gasteiger charge is -2.10. The molecule has 0 spiro atoms. The molecule has 22 heavy (non-hydrogen) atoms. The number of ether oxygens (including phenoxy) is 2. The molecule has 1 aromatic heterocycles. The number of aryl methyl sites for hydroxylation is 1. The van der Waals surface area contributed by atoms with Gasteiger partial charge in [-0.25, -0.2) is 9.97 Å². The van der Waals surface area contributed by atoms with Crippen LogP contribution >= 0.6 is 15.9 Å². The summed E-state index contributed by atoms with van der Waals surface area (Å²) in [4.78, 5) is 8.69. The second-order valence-electron chi connectivity index (χ2n) is 4.89. The van der Waals surface area contributed by atoms with Crippen LogP contribution in [0.1, 0.15) is 11.4 Å². The van der Waals surface area contributed by atoms with E-state index in [0.29, 0.717) is 6.61 Å². The highest BCUT2D eigenvalue weighted by molar-refractivity contribution is 9.10. The van der Waals surface area contributed by atoms with Crippen LogP contribution in [0.25, 0.3) is 10.9 Å². The Labute approximate surface area is 137 Å². The van der Waals surface area contributed by atoms with Crippen LogP contribution in [-0.4, -0.2) is 17.1 Å². The number of fused-ring (bicyclic) bond motifs is 1. The van der Waals surface area contributed by atoms with Crippen LogP contribution in [0, 0.1) is 6.92 Å². The minimum atomic E-state index is 0.476. The molecule has 0 aliphatic carbocycles. The fourth-order valence-corrected chi connectivity index (χ4v) is 2.59. The first-order valence-electron chi connectivity index (χ1n) is 6.84. The Morgan fingerprint density at radius 3 is 2.64 bits per heavy atom. The lowest BCUT2D eigenvalue weighted by molar-refractivity contribution is 0.309. The Morgan fingerprint density at radius 1 is 1.14 bits per heavy atom. The average molecular weight is 359 g/mol. The monoisotopic (exact) mass is 358 g/mol. The van der Waals surface area contributed by atoms with Gasteiger partial charge in [-0.05, 0) is 36.8 Å². The zero-order valence-electron chi connectivity index (χ0n) is 12.3. The van der Waals surface area contributed by atoms with Gasteiger partial charge in [-0.15, -0.1) is 0 Å². The number of hydrogen-bond acceptors (Lipinski definition) is 4. The molecule has 4 nitrogen and oxygen atoms in total. The molecule has 0 saturated heterocycles. The van der Waals surface area contributed by atoms with Crippen LogP contribution < -0.4 is 9.47 Å². The van der Waals surface area contributed by atoms with Crippen molar-refractivity contribution in [2.45, 2.75) is 13.5 Å². The van der Waals surface area contributed by atoms with E-state index < -0.39 is 0 Å². The van der Waals surface area contributed by atoms with Crippen LogP contribution in [0.4, 0.5) is 0 Å². The lowest BCUT2D eigenvalue weighted by Crippen LogP contribution is -1.98. The Morgan fingerprint density at radius 2 is 1.91 bits per heavy atom. The first-order valence-corrected chi connectivity index (χ1v) is 7.63. The molecule has 0 aliphatic heterocycles. The van der Waals surface area contributed by atoms with E-state index >= 15 is 0 Å². The Hall–Kier alpha value is -2.14. The van der Waals surface area contributed by atoms with Crippen LogP contribution in [0.5, 0.6) is 11.5 Å². The molecule has 3 aromatic rings. The number of benzene rings is 2. The number of methoxy groups -OCH3 is 1. The van der Waals surface area contributed by atoms with E-state index in [1.54, 1.807) is 13.3 Å².